The van der Waals surface area contributed by atoms with E-state index in [1.54, 1.807) is 31.2 Å². The fourth-order valence-electron chi connectivity index (χ4n) is 3.08. The molecule has 0 aromatic heterocycles. The van der Waals surface area contributed by atoms with Crippen LogP contribution in [0.2, 0.25) is 0 Å². The van der Waals surface area contributed by atoms with Crippen molar-refractivity contribution >= 4 is 17.4 Å². The highest BCUT2D eigenvalue weighted by Crippen LogP contribution is 2.41. The van der Waals surface area contributed by atoms with Crippen molar-refractivity contribution in [3.63, 3.8) is 0 Å². The highest BCUT2D eigenvalue weighted by molar-refractivity contribution is 6.16. The van der Waals surface area contributed by atoms with E-state index in [0.717, 1.165) is 0 Å². The van der Waals surface area contributed by atoms with Gasteiger partial charge in [-0.15, -0.1) is 0 Å². The van der Waals surface area contributed by atoms with Gasteiger partial charge < -0.3 is 9.84 Å². The number of rotatable bonds is 5. The fraction of sp³-hybridized carbons (Fsp3) is 0.200. The molecule has 6 heteroatoms. The molecule has 1 amide bonds. The first kappa shape index (κ1) is 17.7. The predicted molar refractivity (Wildman–Crippen MR) is 94.6 cm³/mol. The highest BCUT2D eigenvalue weighted by Gasteiger charge is 2.43. The number of ether oxygens (including phenoxy) is 1. The van der Waals surface area contributed by atoms with Gasteiger partial charge in [-0.1, -0.05) is 19.1 Å². The van der Waals surface area contributed by atoms with Crippen molar-refractivity contribution in [2.75, 3.05) is 12.0 Å². The molecular weight excluding hydrogens is 337 g/mol. The Morgan fingerprint density at radius 2 is 1.92 bits per heavy atom. The summed E-state index contributed by atoms with van der Waals surface area (Å²) in [6.45, 7) is 1.66. The molecule has 0 fully saturated rings. The normalized spacial score (nSPS) is 17.0. The van der Waals surface area contributed by atoms with Crippen LogP contribution >= 0.6 is 0 Å². The van der Waals surface area contributed by atoms with Crippen molar-refractivity contribution in [3.8, 4) is 5.75 Å². The lowest BCUT2D eigenvalue weighted by molar-refractivity contribution is -0.118. The first-order chi connectivity index (χ1) is 12.5. The Kier molecular flexibility index (Phi) is 4.75. The maximum atomic E-state index is 13.3. The van der Waals surface area contributed by atoms with Crippen molar-refractivity contribution in [2.24, 2.45) is 0 Å². The summed E-state index contributed by atoms with van der Waals surface area (Å²) in [5.41, 5.74) is 1.03. The molecule has 134 valence electrons. The van der Waals surface area contributed by atoms with Crippen LogP contribution in [0.25, 0.3) is 0 Å². The van der Waals surface area contributed by atoms with Crippen molar-refractivity contribution < 1.29 is 23.8 Å². The van der Waals surface area contributed by atoms with Crippen LogP contribution < -0.4 is 9.64 Å². The molecule has 0 spiro atoms. The number of carbonyl (C=O) groups is 2. The van der Waals surface area contributed by atoms with E-state index < -0.39 is 23.5 Å². The van der Waals surface area contributed by atoms with Crippen molar-refractivity contribution in [2.45, 2.75) is 19.4 Å². The van der Waals surface area contributed by atoms with Gasteiger partial charge in [0, 0.05) is 12.1 Å². The Hall–Kier alpha value is -3.15. The van der Waals surface area contributed by atoms with E-state index in [1.165, 1.54) is 36.3 Å². The Morgan fingerprint density at radius 1 is 1.23 bits per heavy atom. The Balaban J connectivity index is 2.18. The summed E-state index contributed by atoms with van der Waals surface area (Å²) >= 11 is 0. The minimum absolute atomic E-state index is 0.0371. The molecule has 2 aromatic rings. The van der Waals surface area contributed by atoms with E-state index in [9.17, 15) is 19.1 Å². The van der Waals surface area contributed by atoms with Gasteiger partial charge in [-0.2, -0.15) is 0 Å². The average molecular weight is 355 g/mol. The van der Waals surface area contributed by atoms with Gasteiger partial charge in [-0.25, -0.2) is 4.39 Å². The summed E-state index contributed by atoms with van der Waals surface area (Å²) in [6.07, 6.45) is 0.143. The number of anilines is 1. The van der Waals surface area contributed by atoms with Crippen molar-refractivity contribution in [1.82, 2.24) is 0 Å². The number of halogens is 1. The summed E-state index contributed by atoms with van der Waals surface area (Å²) in [5.74, 6) is -1.48. The lowest BCUT2D eigenvalue weighted by Gasteiger charge is -2.27. The third kappa shape index (κ3) is 2.94. The number of aliphatic hydroxyl groups excluding tert-OH is 1. The molecule has 1 aliphatic heterocycles. The summed E-state index contributed by atoms with van der Waals surface area (Å²) in [6, 6.07) is 11.5. The SMILES string of the molecule is CCC(=O)C1=C(O)C(=O)N(c2ccc(F)cc2)C1c1cccc(OC)c1. The van der Waals surface area contributed by atoms with Crippen LogP contribution in [0.4, 0.5) is 10.1 Å². The van der Waals surface area contributed by atoms with Crippen molar-refractivity contribution in [3.05, 3.63) is 71.2 Å². The second-order valence-corrected chi connectivity index (χ2v) is 5.87. The minimum Gasteiger partial charge on any atom is -0.503 e. The number of nitrogens with zero attached hydrogens (tertiary/aromatic N) is 1. The van der Waals surface area contributed by atoms with Gasteiger partial charge in [0.25, 0.3) is 5.91 Å². The zero-order valence-corrected chi connectivity index (χ0v) is 14.4. The van der Waals surface area contributed by atoms with Gasteiger partial charge in [0.1, 0.15) is 11.6 Å². The number of hydrogen-bond acceptors (Lipinski definition) is 4. The topological polar surface area (TPSA) is 66.8 Å². The number of carbonyl (C=O) groups excluding carboxylic acids is 2. The summed E-state index contributed by atoms with van der Waals surface area (Å²) in [4.78, 5) is 26.4. The third-order valence-corrected chi connectivity index (χ3v) is 4.34. The number of hydrogen-bond donors (Lipinski definition) is 1. The first-order valence-electron chi connectivity index (χ1n) is 8.17. The predicted octanol–water partition coefficient (Wildman–Crippen LogP) is 3.71. The molecular formula is C20H18FNO4. The number of methoxy groups -OCH3 is 1. The Morgan fingerprint density at radius 3 is 2.54 bits per heavy atom. The number of amides is 1. The number of benzene rings is 2. The maximum Gasteiger partial charge on any atom is 0.294 e. The molecule has 1 heterocycles. The van der Waals surface area contributed by atoms with Gasteiger partial charge in [0.2, 0.25) is 0 Å². The molecule has 0 saturated carbocycles. The summed E-state index contributed by atoms with van der Waals surface area (Å²) in [7, 11) is 1.52. The van der Waals surface area contributed by atoms with Crippen LogP contribution in [0.15, 0.2) is 59.9 Å². The zero-order valence-electron chi connectivity index (χ0n) is 14.4. The van der Waals surface area contributed by atoms with Gasteiger partial charge in [-0.3, -0.25) is 14.5 Å². The molecule has 0 radical (unpaired) electrons. The Bertz CT molecular complexity index is 889. The molecule has 0 saturated heterocycles. The molecule has 1 unspecified atom stereocenters. The van der Waals surface area contributed by atoms with Gasteiger partial charge in [0.15, 0.2) is 11.5 Å². The molecule has 26 heavy (non-hydrogen) atoms. The fourth-order valence-corrected chi connectivity index (χ4v) is 3.08. The molecule has 0 aliphatic carbocycles. The van der Waals surface area contributed by atoms with E-state index in [2.05, 4.69) is 0 Å². The molecule has 2 aromatic carbocycles. The van der Waals surface area contributed by atoms with Crippen LogP contribution in [-0.2, 0) is 9.59 Å². The van der Waals surface area contributed by atoms with Crippen LogP contribution in [0.5, 0.6) is 5.75 Å². The van der Waals surface area contributed by atoms with E-state index in [-0.39, 0.29) is 17.8 Å². The largest absolute Gasteiger partial charge is 0.503 e. The lowest BCUT2D eigenvalue weighted by atomic mass is 9.94. The molecule has 1 aliphatic rings. The second-order valence-electron chi connectivity index (χ2n) is 5.87. The van der Waals surface area contributed by atoms with E-state index in [4.69, 9.17) is 4.74 Å². The van der Waals surface area contributed by atoms with Gasteiger partial charge in [-0.05, 0) is 42.0 Å². The maximum absolute atomic E-state index is 13.3. The van der Waals surface area contributed by atoms with Crippen molar-refractivity contribution in [1.29, 1.82) is 0 Å². The second kappa shape index (κ2) is 7.00. The molecule has 5 nitrogen and oxygen atoms in total. The third-order valence-electron chi connectivity index (χ3n) is 4.34. The number of Topliss-reactive ketones (excluding diaryl/α,β-unsaturated/α-hetero) is 1. The average Bonchev–Trinajstić information content (AvgIpc) is 2.93. The van der Waals surface area contributed by atoms with E-state index in [1.807, 2.05) is 0 Å². The van der Waals surface area contributed by atoms with Gasteiger partial charge in [0.05, 0.1) is 18.7 Å². The molecule has 1 N–H and O–H groups in total. The summed E-state index contributed by atoms with van der Waals surface area (Å²) in [5, 5.41) is 10.4. The first-order valence-corrected chi connectivity index (χ1v) is 8.17. The smallest absolute Gasteiger partial charge is 0.294 e. The zero-order chi connectivity index (χ0) is 18.8. The number of ketones is 1. The van der Waals surface area contributed by atoms with Gasteiger partial charge >= 0.3 is 0 Å². The van der Waals surface area contributed by atoms with Crippen LogP contribution in [0.3, 0.4) is 0 Å². The standard InChI is InChI=1S/C20H18FNO4/c1-3-16(23)17-18(12-5-4-6-15(11-12)26-2)22(20(25)19(17)24)14-9-7-13(21)8-10-14/h4-11,18,24H,3H2,1-2H3. The van der Waals surface area contributed by atoms with E-state index in [0.29, 0.717) is 17.0 Å². The van der Waals surface area contributed by atoms with Crippen LogP contribution in [0.1, 0.15) is 24.9 Å². The monoisotopic (exact) mass is 355 g/mol. The molecule has 0 bridgehead atoms. The van der Waals surface area contributed by atoms with Crippen LogP contribution in [-0.4, -0.2) is 23.9 Å². The minimum atomic E-state index is -0.810. The Labute approximate surface area is 150 Å². The molecule has 1 atom stereocenters. The highest BCUT2D eigenvalue weighted by atomic mass is 19.1. The summed E-state index contributed by atoms with van der Waals surface area (Å²) < 4.78 is 18.5. The number of aliphatic hydroxyl groups is 1. The quantitative estimate of drug-likeness (QED) is 0.888. The van der Waals surface area contributed by atoms with Crippen LogP contribution in [0, 0.1) is 5.82 Å². The lowest BCUT2D eigenvalue weighted by Crippen LogP contribution is -2.31. The molecule has 3 rings (SSSR count). The van der Waals surface area contributed by atoms with E-state index >= 15 is 0 Å².